The van der Waals surface area contributed by atoms with E-state index < -0.39 is 5.97 Å². The SMILES string of the molecule is Cc1cc(Cl)cc(O)c1-c1ccc2oc(N[C@@H]3CCCN(CCC(C)C(=O)O)C3)nc2n1. The van der Waals surface area contributed by atoms with Gasteiger partial charge in [-0.05, 0) is 69.1 Å². The Balaban J connectivity index is 1.46. The molecule has 3 heterocycles. The van der Waals surface area contributed by atoms with Crippen molar-refractivity contribution in [3.05, 3.63) is 34.9 Å². The van der Waals surface area contributed by atoms with Crippen molar-refractivity contribution in [3.8, 4) is 17.0 Å². The van der Waals surface area contributed by atoms with Crippen LogP contribution < -0.4 is 5.32 Å². The Morgan fingerprint density at radius 1 is 1.38 bits per heavy atom. The summed E-state index contributed by atoms with van der Waals surface area (Å²) in [4.78, 5) is 22.4. The van der Waals surface area contributed by atoms with Gasteiger partial charge in [-0.2, -0.15) is 4.98 Å². The van der Waals surface area contributed by atoms with Crippen LogP contribution in [0, 0.1) is 12.8 Å². The van der Waals surface area contributed by atoms with Gasteiger partial charge < -0.3 is 24.8 Å². The van der Waals surface area contributed by atoms with Crippen LogP contribution in [0.15, 0.2) is 28.7 Å². The van der Waals surface area contributed by atoms with Crippen LogP contribution in [0.4, 0.5) is 6.01 Å². The number of pyridine rings is 1. The number of aliphatic carboxylic acids is 1. The number of anilines is 1. The van der Waals surface area contributed by atoms with E-state index in [9.17, 15) is 9.90 Å². The zero-order chi connectivity index (χ0) is 22.8. The van der Waals surface area contributed by atoms with E-state index in [2.05, 4.69) is 20.2 Å². The van der Waals surface area contributed by atoms with Gasteiger partial charge in [0.2, 0.25) is 5.65 Å². The molecule has 170 valence electrons. The molecule has 3 aromatic rings. The Labute approximate surface area is 191 Å². The van der Waals surface area contributed by atoms with Crippen molar-refractivity contribution in [2.75, 3.05) is 25.0 Å². The number of carboxylic acid groups (broad SMARTS) is 1. The number of carbonyl (C=O) groups is 1. The number of phenolic OH excluding ortho intramolecular Hbond substituents is 1. The minimum absolute atomic E-state index is 0.0724. The van der Waals surface area contributed by atoms with Gasteiger partial charge in [-0.25, -0.2) is 4.98 Å². The molecule has 1 fully saturated rings. The number of halogens is 1. The van der Waals surface area contributed by atoms with Crippen LogP contribution >= 0.6 is 11.6 Å². The third-order valence-corrected chi connectivity index (χ3v) is 6.14. The largest absolute Gasteiger partial charge is 0.507 e. The highest BCUT2D eigenvalue weighted by Crippen LogP contribution is 2.35. The average Bonchev–Trinajstić information content (AvgIpc) is 3.13. The number of nitrogens with one attached hydrogen (secondary N) is 1. The zero-order valence-electron chi connectivity index (χ0n) is 18.1. The van der Waals surface area contributed by atoms with Crippen molar-refractivity contribution in [2.24, 2.45) is 5.92 Å². The molecule has 32 heavy (non-hydrogen) atoms. The molecular formula is C23H27ClN4O4. The van der Waals surface area contributed by atoms with E-state index in [1.165, 1.54) is 6.07 Å². The smallest absolute Gasteiger partial charge is 0.306 e. The molecular weight excluding hydrogens is 432 g/mol. The molecule has 0 aliphatic carbocycles. The summed E-state index contributed by atoms with van der Waals surface area (Å²) in [5, 5.41) is 23.2. The summed E-state index contributed by atoms with van der Waals surface area (Å²) in [6, 6.07) is 7.44. The fraction of sp³-hybridized carbons (Fsp3) is 0.435. The number of aromatic nitrogens is 2. The molecule has 0 saturated carbocycles. The summed E-state index contributed by atoms with van der Waals surface area (Å²) < 4.78 is 5.84. The van der Waals surface area contributed by atoms with Crippen LogP contribution in [0.5, 0.6) is 5.75 Å². The molecule has 2 atom stereocenters. The van der Waals surface area contributed by atoms with Crippen molar-refractivity contribution in [3.63, 3.8) is 0 Å². The average molecular weight is 459 g/mol. The van der Waals surface area contributed by atoms with E-state index >= 15 is 0 Å². The third kappa shape index (κ3) is 4.97. The normalized spacial score (nSPS) is 18.0. The van der Waals surface area contributed by atoms with Gasteiger partial charge in [-0.15, -0.1) is 0 Å². The second-order valence-corrected chi connectivity index (χ2v) is 8.90. The number of likely N-dealkylation sites (tertiary alicyclic amines) is 1. The summed E-state index contributed by atoms with van der Waals surface area (Å²) in [7, 11) is 0. The minimum Gasteiger partial charge on any atom is -0.507 e. The van der Waals surface area contributed by atoms with Gasteiger partial charge in [-0.3, -0.25) is 4.79 Å². The van der Waals surface area contributed by atoms with E-state index in [0.717, 1.165) is 38.0 Å². The maximum Gasteiger partial charge on any atom is 0.306 e. The van der Waals surface area contributed by atoms with Gasteiger partial charge >= 0.3 is 5.97 Å². The zero-order valence-corrected chi connectivity index (χ0v) is 18.9. The predicted molar refractivity (Wildman–Crippen MR) is 123 cm³/mol. The molecule has 8 nitrogen and oxygen atoms in total. The molecule has 1 saturated heterocycles. The highest BCUT2D eigenvalue weighted by atomic mass is 35.5. The van der Waals surface area contributed by atoms with Crippen LogP contribution in [0.2, 0.25) is 5.02 Å². The minimum atomic E-state index is -0.753. The number of fused-ring (bicyclic) bond motifs is 1. The van der Waals surface area contributed by atoms with E-state index in [4.69, 9.17) is 21.1 Å². The number of hydrogen-bond acceptors (Lipinski definition) is 7. The topological polar surface area (TPSA) is 112 Å². The molecule has 1 aromatic carbocycles. The van der Waals surface area contributed by atoms with Crippen molar-refractivity contribution >= 4 is 34.8 Å². The Morgan fingerprint density at radius 2 is 2.19 bits per heavy atom. The fourth-order valence-corrected chi connectivity index (χ4v) is 4.40. The van der Waals surface area contributed by atoms with Crippen molar-refractivity contribution in [1.82, 2.24) is 14.9 Å². The van der Waals surface area contributed by atoms with Crippen molar-refractivity contribution in [1.29, 1.82) is 0 Å². The standard InChI is InChI=1S/C23H27ClN4O4/c1-13(22(30)31)7-9-28-8-3-4-16(12-28)25-23-27-21-19(32-23)6-5-17(26-21)20-14(2)10-15(24)11-18(20)29/h5-6,10-11,13,16,29H,3-4,7-9,12H2,1-2H3,(H,30,31)(H,25,26,27)/t13?,16-/m1/s1. The highest BCUT2D eigenvalue weighted by molar-refractivity contribution is 6.31. The quantitative estimate of drug-likeness (QED) is 0.473. The molecule has 1 aliphatic rings. The molecule has 0 spiro atoms. The number of phenols is 1. The van der Waals surface area contributed by atoms with Gasteiger partial charge in [-0.1, -0.05) is 18.5 Å². The van der Waals surface area contributed by atoms with E-state index in [-0.39, 0.29) is 17.7 Å². The third-order valence-electron chi connectivity index (χ3n) is 5.92. The Kier molecular flexibility index (Phi) is 6.53. The first-order valence-electron chi connectivity index (χ1n) is 10.8. The van der Waals surface area contributed by atoms with Gasteiger partial charge in [0, 0.05) is 23.2 Å². The highest BCUT2D eigenvalue weighted by Gasteiger charge is 2.23. The van der Waals surface area contributed by atoms with E-state index in [1.807, 2.05) is 6.92 Å². The maximum atomic E-state index is 11.1. The number of oxazole rings is 1. The first-order chi connectivity index (χ1) is 15.3. The number of nitrogens with zero attached hydrogens (tertiary/aromatic N) is 3. The van der Waals surface area contributed by atoms with Crippen LogP contribution in [0.3, 0.4) is 0 Å². The van der Waals surface area contributed by atoms with Gasteiger partial charge in [0.15, 0.2) is 5.58 Å². The van der Waals surface area contributed by atoms with Crippen LogP contribution in [0.1, 0.15) is 31.7 Å². The molecule has 2 aromatic heterocycles. The lowest BCUT2D eigenvalue weighted by Crippen LogP contribution is -2.43. The first-order valence-corrected chi connectivity index (χ1v) is 11.2. The number of rotatable bonds is 7. The fourth-order valence-electron chi connectivity index (χ4n) is 4.13. The number of carboxylic acids is 1. The molecule has 3 N–H and O–H groups in total. The van der Waals surface area contributed by atoms with Crippen LogP contribution in [0.25, 0.3) is 22.5 Å². The molecule has 9 heteroatoms. The first kappa shape index (κ1) is 22.4. The van der Waals surface area contributed by atoms with Gasteiger partial charge in [0.05, 0.1) is 11.6 Å². The monoisotopic (exact) mass is 458 g/mol. The Bertz CT molecular complexity index is 1110. The van der Waals surface area contributed by atoms with Gasteiger partial charge in [0.25, 0.3) is 6.01 Å². The Hall–Kier alpha value is -2.84. The molecule has 0 bridgehead atoms. The maximum absolute atomic E-state index is 11.1. The molecule has 4 rings (SSSR count). The summed E-state index contributed by atoms with van der Waals surface area (Å²) in [5.74, 6) is -1.02. The second kappa shape index (κ2) is 9.34. The summed E-state index contributed by atoms with van der Waals surface area (Å²) in [6.45, 7) is 6.14. The van der Waals surface area contributed by atoms with Crippen LogP contribution in [-0.4, -0.2) is 56.7 Å². The Morgan fingerprint density at radius 3 is 2.94 bits per heavy atom. The molecule has 1 unspecified atom stereocenters. The molecule has 1 aliphatic heterocycles. The lowest BCUT2D eigenvalue weighted by molar-refractivity contribution is -0.141. The number of hydrogen-bond donors (Lipinski definition) is 3. The van der Waals surface area contributed by atoms with Crippen LogP contribution in [-0.2, 0) is 4.79 Å². The number of piperidine rings is 1. The summed E-state index contributed by atoms with van der Waals surface area (Å²) >= 11 is 6.01. The lowest BCUT2D eigenvalue weighted by Gasteiger charge is -2.33. The molecule has 0 amide bonds. The summed E-state index contributed by atoms with van der Waals surface area (Å²) in [5.41, 5.74) is 3.06. The molecule has 0 radical (unpaired) electrons. The van der Waals surface area contributed by atoms with E-state index in [1.54, 1.807) is 25.1 Å². The predicted octanol–water partition coefficient (Wildman–Crippen LogP) is 4.54. The van der Waals surface area contributed by atoms with Gasteiger partial charge in [0.1, 0.15) is 5.75 Å². The number of benzene rings is 1. The van der Waals surface area contributed by atoms with Crippen molar-refractivity contribution < 1.29 is 19.4 Å². The number of aromatic hydroxyl groups is 1. The lowest BCUT2D eigenvalue weighted by atomic mass is 10.0. The van der Waals surface area contributed by atoms with E-state index in [0.29, 0.717) is 39.9 Å². The summed E-state index contributed by atoms with van der Waals surface area (Å²) in [6.07, 6.45) is 2.64. The second-order valence-electron chi connectivity index (χ2n) is 8.47. The number of aryl methyl sites for hydroxylation is 1. The van der Waals surface area contributed by atoms with Crippen molar-refractivity contribution in [2.45, 2.75) is 39.2 Å².